The Labute approximate surface area is 97.1 Å². The highest BCUT2D eigenvalue weighted by Gasteiger charge is 2.12. The van der Waals surface area contributed by atoms with Crippen LogP contribution in [-0.2, 0) is 7.05 Å². The van der Waals surface area contributed by atoms with E-state index in [1.165, 1.54) is 0 Å². The average molecular weight is 222 g/mol. The molecule has 4 rings (SSSR count). The van der Waals surface area contributed by atoms with Gasteiger partial charge < -0.3 is 4.57 Å². The van der Waals surface area contributed by atoms with Gasteiger partial charge in [0.25, 0.3) is 0 Å². The van der Waals surface area contributed by atoms with E-state index in [2.05, 4.69) is 25.0 Å². The second-order valence-electron chi connectivity index (χ2n) is 4.16. The Balaban J connectivity index is 2.41. The molecule has 0 saturated carbocycles. The second-order valence-corrected chi connectivity index (χ2v) is 4.16. The topological polar surface area (TPSA) is 35.1 Å². The molecule has 4 aromatic rings. The van der Waals surface area contributed by atoms with Gasteiger partial charge in [-0.1, -0.05) is 12.1 Å². The summed E-state index contributed by atoms with van der Waals surface area (Å²) < 4.78 is 4.24. The predicted molar refractivity (Wildman–Crippen MR) is 67.0 cm³/mol. The molecule has 4 heteroatoms. The largest absolute Gasteiger partial charge is 0.313 e. The van der Waals surface area contributed by atoms with Gasteiger partial charge in [-0.25, -0.2) is 4.98 Å². The number of hydrogen-bond acceptors (Lipinski definition) is 2. The van der Waals surface area contributed by atoms with Crippen LogP contribution in [0, 0.1) is 0 Å². The van der Waals surface area contributed by atoms with Gasteiger partial charge >= 0.3 is 0 Å². The van der Waals surface area contributed by atoms with Crippen molar-refractivity contribution in [3.05, 3.63) is 42.7 Å². The molecule has 82 valence electrons. The van der Waals surface area contributed by atoms with Crippen LogP contribution in [0.4, 0.5) is 0 Å². The van der Waals surface area contributed by atoms with E-state index in [0.717, 1.165) is 27.8 Å². The lowest BCUT2D eigenvalue weighted by atomic mass is 10.3. The Bertz CT molecular complexity index is 854. The summed E-state index contributed by atoms with van der Waals surface area (Å²) in [6, 6.07) is 10.2. The highest BCUT2D eigenvalue weighted by Crippen LogP contribution is 2.23. The average Bonchev–Trinajstić information content (AvgIpc) is 2.88. The van der Waals surface area contributed by atoms with Gasteiger partial charge in [0.1, 0.15) is 0 Å². The summed E-state index contributed by atoms with van der Waals surface area (Å²) in [6.45, 7) is 0. The summed E-state index contributed by atoms with van der Waals surface area (Å²) in [5.41, 5.74) is 4.39. The van der Waals surface area contributed by atoms with Gasteiger partial charge in [-0.2, -0.15) is 0 Å². The molecule has 1 aromatic carbocycles. The zero-order chi connectivity index (χ0) is 11.4. The van der Waals surface area contributed by atoms with Crippen LogP contribution in [0.5, 0.6) is 0 Å². The minimum atomic E-state index is 0.953. The molecule has 0 N–H and O–H groups in total. The molecular formula is C13H10N4. The molecule has 3 aromatic heterocycles. The molecule has 3 heterocycles. The number of fused-ring (bicyclic) bond motifs is 5. The summed E-state index contributed by atoms with van der Waals surface area (Å²) in [5.74, 6) is 0.953. The van der Waals surface area contributed by atoms with E-state index in [4.69, 9.17) is 0 Å². The molecule has 0 aliphatic carbocycles. The van der Waals surface area contributed by atoms with Crippen molar-refractivity contribution in [1.29, 1.82) is 0 Å². The summed E-state index contributed by atoms with van der Waals surface area (Å²) >= 11 is 0. The van der Waals surface area contributed by atoms with Crippen molar-refractivity contribution in [3.63, 3.8) is 0 Å². The van der Waals surface area contributed by atoms with Gasteiger partial charge in [-0.3, -0.25) is 9.38 Å². The number of aryl methyl sites for hydroxylation is 1. The van der Waals surface area contributed by atoms with Crippen LogP contribution in [0.15, 0.2) is 42.7 Å². The third-order valence-corrected chi connectivity index (χ3v) is 3.22. The van der Waals surface area contributed by atoms with Crippen molar-refractivity contribution in [2.45, 2.75) is 0 Å². The fourth-order valence-corrected chi connectivity index (χ4v) is 2.42. The summed E-state index contributed by atoms with van der Waals surface area (Å²) in [7, 11) is 2.03. The zero-order valence-corrected chi connectivity index (χ0v) is 9.33. The Morgan fingerprint density at radius 2 is 1.88 bits per heavy atom. The van der Waals surface area contributed by atoms with E-state index in [1.807, 2.05) is 43.7 Å². The van der Waals surface area contributed by atoms with Crippen LogP contribution < -0.4 is 0 Å². The van der Waals surface area contributed by atoms with Crippen LogP contribution in [0.25, 0.3) is 27.8 Å². The fourth-order valence-electron chi connectivity index (χ4n) is 2.42. The van der Waals surface area contributed by atoms with E-state index in [0.29, 0.717) is 0 Å². The van der Waals surface area contributed by atoms with Gasteiger partial charge in [0.15, 0.2) is 0 Å². The molecule has 17 heavy (non-hydrogen) atoms. The molecule has 0 fully saturated rings. The minimum Gasteiger partial charge on any atom is -0.313 e. The van der Waals surface area contributed by atoms with Crippen molar-refractivity contribution in [2.24, 2.45) is 7.05 Å². The molecular weight excluding hydrogens is 212 g/mol. The standard InChI is InChI=1S/C13H10N4/c1-16-11-6-7-14-8-12(11)17-10-5-3-2-4-9(10)15-13(16)17/h2-8H,1H3. The van der Waals surface area contributed by atoms with E-state index in [1.54, 1.807) is 0 Å². The number of rotatable bonds is 0. The molecule has 4 nitrogen and oxygen atoms in total. The molecule has 0 bridgehead atoms. The van der Waals surface area contributed by atoms with E-state index >= 15 is 0 Å². The quantitative estimate of drug-likeness (QED) is 0.458. The number of hydrogen-bond donors (Lipinski definition) is 0. The Morgan fingerprint density at radius 1 is 1.00 bits per heavy atom. The predicted octanol–water partition coefficient (Wildman–Crippen LogP) is 2.37. The van der Waals surface area contributed by atoms with Crippen molar-refractivity contribution in [2.75, 3.05) is 0 Å². The second kappa shape index (κ2) is 2.85. The first kappa shape index (κ1) is 8.75. The molecule has 0 aliphatic rings. The highest BCUT2D eigenvalue weighted by molar-refractivity contribution is 5.89. The van der Waals surface area contributed by atoms with E-state index < -0.39 is 0 Å². The number of benzene rings is 1. The maximum atomic E-state index is 4.65. The van der Waals surface area contributed by atoms with Gasteiger partial charge in [-0.05, 0) is 18.2 Å². The fraction of sp³-hybridized carbons (Fsp3) is 0.0769. The summed E-state index contributed by atoms with van der Waals surface area (Å²) in [4.78, 5) is 8.85. The maximum absolute atomic E-state index is 4.65. The smallest absolute Gasteiger partial charge is 0.215 e. The number of para-hydroxylation sites is 2. The van der Waals surface area contributed by atoms with E-state index in [9.17, 15) is 0 Å². The van der Waals surface area contributed by atoms with Crippen LogP contribution in [0.2, 0.25) is 0 Å². The first-order chi connectivity index (χ1) is 8.36. The van der Waals surface area contributed by atoms with Crippen molar-refractivity contribution >= 4 is 27.8 Å². The van der Waals surface area contributed by atoms with Crippen LogP contribution >= 0.6 is 0 Å². The maximum Gasteiger partial charge on any atom is 0.215 e. The lowest BCUT2D eigenvalue weighted by molar-refractivity contribution is 0.973. The molecule has 0 spiro atoms. The number of aromatic nitrogens is 4. The third kappa shape index (κ3) is 0.970. The lowest BCUT2D eigenvalue weighted by Crippen LogP contribution is -1.87. The Hall–Kier alpha value is -2.36. The number of pyridine rings is 1. The molecule has 0 saturated heterocycles. The van der Waals surface area contributed by atoms with E-state index in [-0.39, 0.29) is 0 Å². The minimum absolute atomic E-state index is 0.953. The number of nitrogens with zero attached hydrogens (tertiary/aromatic N) is 4. The monoisotopic (exact) mass is 222 g/mol. The third-order valence-electron chi connectivity index (χ3n) is 3.22. The summed E-state index contributed by atoms with van der Waals surface area (Å²) in [6.07, 6.45) is 3.69. The van der Waals surface area contributed by atoms with Crippen molar-refractivity contribution in [3.8, 4) is 0 Å². The van der Waals surface area contributed by atoms with Crippen LogP contribution in [0.3, 0.4) is 0 Å². The van der Waals surface area contributed by atoms with Gasteiger partial charge in [-0.15, -0.1) is 0 Å². The van der Waals surface area contributed by atoms with Crippen LogP contribution in [-0.4, -0.2) is 18.9 Å². The Kier molecular flexibility index (Phi) is 1.47. The molecule has 0 aliphatic heterocycles. The van der Waals surface area contributed by atoms with Gasteiger partial charge in [0.05, 0.1) is 28.3 Å². The lowest BCUT2D eigenvalue weighted by Gasteiger charge is -1.93. The first-order valence-electron chi connectivity index (χ1n) is 5.52. The van der Waals surface area contributed by atoms with Crippen LogP contribution in [0.1, 0.15) is 0 Å². The first-order valence-corrected chi connectivity index (χ1v) is 5.52. The van der Waals surface area contributed by atoms with Gasteiger partial charge in [0.2, 0.25) is 5.78 Å². The Morgan fingerprint density at radius 3 is 2.82 bits per heavy atom. The molecule has 0 atom stereocenters. The zero-order valence-electron chi connectivity index (χ0n) is 9.33. The van der Waals surface area contributed by atoms with Gasteiger partial charge in [0, 0.05) is 13.2 Å². The number of imidazole rings is 2. The molecule has 0 radical (unpaired) electrons. The van der Waals surface area contributed by atoms with Crippen molar-refractivity contribution < 1.29 is 0 Å². The normalized spacial score (nSPS) is 11.8. The molecule has 0 amide bonds. The SMILES string of the molecule is Cn1c2ccncc2n2c3ccccc3nc12. The van der Waals surface area contributed by atoms with Crippen molar-refractivity contribution in [1.82, 2.24) is 18.9 Å². The molecule has 0 unspecified atom stereocenters. The summed E-state index contributed by atoms with van der Waals surface area (Å²) in [5, 5.41) is 0. The highest BCUT2D eigenvalue weighted by atomic mass is 15.2.